The predicted molar refractivity (Wildman–Crippen MR) is 92.4 cm³/mol. The third kappa shape index (κ3) is 3.72. The zero-order chi connectivity index (χ0) is 17.2. The maximum atomic E-state index is 12.4. The molecule has 0 unspecified atom stereocenters. The molecule has 24 heavy (non-hydrogen) atoms. The summed E-state index contributed by atoms with van der Waals surface area (Å²) in [5.74, 6) is 0.930. The normalized spacial score (nSPS) is 11.8. The number of thiophene rings is 1. The lowest BCUT2D eigenvalue weighted by Gasteiger charge is -2.09. The van der Waals surface area contributed by atoms with Gasteiger partial charge in [0, 0.05) is 13.0 Å². The zero-order valence-corrected chi connectivity index (χ0v) is 14.9. The zero-order valence-electron chi connectivity index (χ0n) is 13.3. The van der Waals surface area contributed by atoms with Crippen LogP contribution in [0.25, 0.3) is 10.7 Å². The molecule has 3 aromatic rings. The van der Waals surface area contributed by atoms with E-state index in [9.17, 15) is 8.42 Å². The van der Waals surface area contributed by atoms with Crippen LogP contribution in [0.3, 0.4) is 0 Å². The maximum absolute atomic E-state index is 12.4. The molecule has 0 spiro atoms. The molecule has 0 saturated heterocycles. The van der Waals surface area contributed by atoms with Crippen LogP contribution in [0.1, 0.15) is 17.0 Å². The Hall–Kier alpha value is -2.03. The van der Waals surface area contributed by atoms with Crippen molar-refractivity contribution in [1.29, 1.82) is 0 Å². The third-order valence-electron chi connectivity index (χ3n) is 3.46. The predicted octanol–water partition coefficient (Wildman–Crippen LogP) is 2.94. The van der Waals surface area contributed by atoms with Crippen molar-refractivity contribution in [3.8, 4) is 10.7 Å². The summed E-state index contributed by atoms with van der Waals surface area (Å²) in [4.78, 5) is 5.48. The van der Waals surface area contributed by atoms with Gasteiger partial charge in [0.15, 0.2) is 0 Å². The standard InChI is InChI=1S/C16H17N3O3S2/c1-11-5-6-14(12(2)10-11)24(20,21)17-8-7-15-18-16(19-22-15)13-4-3-9-23-13/h3-6,9-10,17H,7-8H2,1-2H3. The largest absolute Gasteiger partial charge is 0.339 e. The Bertz CT molecular complexity index is 931. The Balaban J connectivity index is 1.63. The molecule has 2 heterocycles. The SMILES string of the molecule is Cc1ccc(S(=O)(=O)NCCc2nc(-c3cccs3)no2)c(C)c1. The van der Waals surface area contributed by atoms with E-state index in [0.29, 0.717) is 18.1 Å². The number of nitrogens with zero attached hydrogens (tertiary/aromatic N) is 2. The number of hydrogen-bond donors (Lipinski definition) is 1. The van der Waals surface area contributed by atoms with Gasteiger partial charge >= 0.3 is 0 Å². The average molecular weight is 363 g/mol. The molecule has 6 nitrogen and oxygen atoms in total. The van der Waals surface area contributed by atoms with Crippen LogP contribution in [0.15, 0.2) is 45.1 Å². The Morgan fingerprint density at radius 3 is 2.79 bits per heavy atom. The molecule has 126 valence electrons. The van der Waals surface area contributed by atoms with Gasteiger partial charge in [-0.2, -0.15) is 4.98 Å². The van der Waals surface area contributed by atoms with Crippen molar-refractivity contribution >= 4 is 21.4 Å². The molecule has 0 atom stereocenters. The molecule has 0 saturated carbocycles. The second kappa shape index (κ2) is 6.84. The van der Waals surface area contributed by atoms with Crippen molar-refractivity contribution in [2.45, 2.75) is 25.2 Å². The first kappa shape index (κ1) is 16.8. The molecular formula is C16H17N3O3S2. The molecule has 8 heteroatoms. The van der Waals surface area contributed by atoms with Crippen LogP contribution < -0.4 is 4.72 Å². The topological polar surface area (TPSA) is 85.1 Å². The summed E-state index contributed by atoms with van der Waals surface area (Å²) in [6.07, 6.45) is 0.336. The van der Waals surface area contributed by atoms with E-state index in [1.54, 1.807) is 19.1 Å². The highest BCUT2D eigenvalue weighted by atomic mass is 32.2. The van der Waals surface area contributed by atoms with E-state index in [2.05, 4.69) is 14.9 Å². The minimum Gasteiger partial charge on any atom is -0.339 e. The molecule has 1 aromatic carbocycles. The van der Waals surface area contributed by atoms with E-state index in [1.165, 1.54) is 11.3 Å². The number of aromatic nitrogens is 2. The molecule has 0 bridgehead atoms. The first-order chi connectivity index (χ1) is 11.5. The van der Waals surface area contributed by atoms with E-state index >= 15 is 0 Å². The molecular weight excluding hydrogens is 346 g/mol. The number of nitrogens with one attached hydrogen (secondary N) is 1. The van der Waals surface area contributed by atoms with E-state index in [4.69, 9.17) is 4.52 Å². The quantitative estimate of drug-likeness (QED) is 0.728. The average Bonchev–Trinajstić information content (AvgIpc) is 3.17. The summed E-state index contributed by atoms with van der Waals surface area (Å²) < 4.78 is 32.5. The second-order valence-corrected chi connectivity index (χ2v) is 8.09. The smallest absolute Gasteiger partial charge is 0.240 e. The Morgan fingerprint density at radius 1 is 1.25 bits per heavy atom. The van der Waals surface area contributed by atoms with Crippen molar-refractivity contribution in [1.82, 2.24) is 14.9 Å². The summed E-state index contributed by atoms with van der Waals surface area (Å²) in [5.41, 5.74) is 1.75. The minimum absolute atomic E-state index is 0.196. The van der Waals surface area contributed by atoms with Crippen molar-refractivity contribution in [2.24, 2.45) is 0 Å². The van der Waals surface area contributed by atoms with Gasteiger partial charge in [-0.3, -0.25) is 0 Å². The summed E-state index contributed by atoms with van der Waals surface area (Å²) >= 11 is 1.52. The van der Waals surface area contributed by atoms with Crippen molar-refractivity contribution < 1.29 is 12.9 Å². The molecule has 0 aliphatic heterocycles. The second-order valence-electron chi connectivity index (χ2n) is 5.41. The van der Waals surface area contributed by atoms with Gasteiger partial charge < -0.3 is 4.52 Å². The monoisotopic (exact) mass is 363 g/mol. The van der Waals surface area contributed by atoms with E-state index in [-0.39, 0.29) is 11.4 Å². The minimum atomic E-state index is -3.55. The van der Waals surface area contributed by atoms with Crippen LogP contribution >= 0.6 is 11.3 Å². The summed E-state index contributed by atoms with van der Waals surface area (Å²) in [6.45, 7) is 3.91. The fraction of sp³-hybridized carbons (Fsp3) is 0.250. The highest BCUT2D eigenvalue weighted by molar-refractivity contribution is 7.89. The van der Waals surface area contributed by atoms with E-state index < -0.39 is 10.0 Å². The van der Waals surface area contributed by atoms with Crippen LogP contribution in [0.4, 0.5) is 0 Å². The number of benzene rings is 1. The van der Waals surface area contributed by atoms with Gasteiger partial charge in [-0.25, -0.2) is 13.1 Å². The van der Waals surface area contributed by atoms with Crippen molar-refractivity contribution in [3.05, 3.63) is 52.7 Å². The first-order valence-electron chi connectivity index (χ1n) is 7.39. The van der Waals surface area contributed by atoms with Crippen LogP contribution in [0.5, 0.6) is 0 Å². The molecule has 0 aliphatic rings. The van der Waals surface area contributed by atoms with Gasteiger partial charge in [0.1, 0.15) is 0 Å². The molecule has 2 aromatic heterocycles. The number of hydrogen-bond acceptors (Lipinski definition) is 6. The fourth-order valence-electron chi connectivity index (χ4n) is 2.33. The Kier molecular flexibility index (Phi) is 4.79. The Morgan fingerprint density at radius 2 is 2.08 bits per heavy atom. The van der Waals surface area contributed by atoms with Crippen LogP contribution in [-0.4, -0.2) is 25.1 Å². The van der Waals surface area contributed by atoms with Gasteiger partial charge in [0.05, 0.1) is 9.77 Å². The van der Waals surface area contributed by atoms with Gasteiger partial charge in [0.2, 0.25) is 21.7 Å². The van der Waals surface area contributed by atoms with Gasteiger partial charge in [-0.05, 0) is 36.9 Å². The maximum Gasteiger partial charge on any atom is 0.240 e. The highest BCUT2D eigenvalue weighted by Crippen LogP contribution is 2.21. The fourth-order valence-corrected chi connectivity index (χ4v) is 4.24. The van der Waals surface area contributed by atoms with Crippen molar-refractivity contribution in [3.63, 3.8) is 0 Å². The molecule has 3 rings (SSSR count). The summed E-state index contributed by atoms with van der Waals surface area (Å²) in [5, 5.41) is 5.84. The summed E-state index contributed by atoms with van der Waals surface area (Å²) in [6, 6.07) is 9.07. The summed E-state index contributed by atoms with van der Waals surface area (Å²) in [7, 11) is -3.55. The molecule has 0 aliphatic carbocycles. The van der Waals surface area contributed by atoms with E-state index in [1.807, 2.05) is 30.5 Å². The number of rotatable bonds is 6. The van der Waals surface area contributed by atoms with Gasteiger partial charge in [-0.15, -0.1) is 11.3 Å². The molecule has 1 N–H and O–H groups in total. The van der Waals surface area contributed by atoms with Crippen LogP contribution in [-0.2, 0) is 16.4 Å². The lowest BCUT2D eigenvalue weighted by Crippen LogP contribution is -2.26. The highest BCUT2D eigenvalue weighted by Gasteiger charge is 2.17. The lowest BCUT2D eigenvalue weighted by atomic mass is 10.2. The Labute approximate surface area is 144 Å². The first-order valence-corrected chi connectivity index (χ1v) is 9.75. The van der Waals surface area contributed by atoms with Crippen LogP contribution in [0.2, 0.25) is 0 Å². The van der Waals surface area contributed by atoms with E-state index in [0.717, 1.165) is 16.0 Å². The van der Waals surface area contributed by atoms with Crippen LogP contribution in [0, 0.1) is 13.8 Å². The van der Waals surface area contributed by atoms with Crippen molar-refractivity contribution in [2.75, 3.05) is 6.54 Å². The molecule has 0 radical (unpaired) electrons. The van der Waals surface area contributed by atoms with Gasteiger partial charge in [0.25, 0.3) is 0 Å². The van der Waals surface area contributed by atoms with Gasteiger partial charge in [-0.1, -0.05) is 28.9 Å². The lowest BCUT2D eigenvalue weighted by molar-refractivity contribution is 0.379. The third-order valence-corrected chi connectivity index (χ3v) is 5.95. The number of aryl methyl sites for hydroxylation is 2. The number of sulfonamides is 1. The molecule has 0 amide bonds. The molecule has 0 fully saturated rings.